The first kappa shape index (κ1) is 23.2. The van der Waals surface area contributed by atoms with Gasteiger partial charge in [0.2, 0.25) is 0 Å². The minimum Gasteiger partial charge on any atom is -0.327 e. The number of rotatable bonds is 7. The van der Waals surface area contributed by atoms with Gasteiger partial charge < -0.3 is 5.73 Å². The van der Waals surface area contributed by atoms with Crippen LogP contribution in [0.3, 0.4) is 0 Å². The number of alkyl halides is 5. The van der Waals surface area contributed by atoms with E-state index in [2.05, 4.69) is 4.98 Å². The Labute approximate surface area is 180 Å². The van der Waals surface area contributed by atoms with Crippen molar-refractivity contribution in [2.75, 3.05) is 26.4 Å². The Bertz CT molecular complexity index is 1110. The van der Waals surface area contributed by atoms with Crippen LogP contribution >= 0.6 is 0 Å². The quantitative estimate of drug-likeness (QED) is 0.574. The molecule has 0 spiro atoms. The lowest BCUT2D eigenvalue weighted by molar-refractivity contribution is 0.151. The van der Waals surface area contributed by atoms with Gasteiger partial charge in [0, 0.05) is 30.1 Å². The van der Waals surface area contributed by atoms with Gasteiger partial charge >= 0.3 is 5.69 Å². The molecule has 1 aromatic rings. The highest BCUT2D eigenvalue weighted by Crippen LogP contribution is 2.35. The van der Waals surface area contributed by atoms with Gasteiger partial charge in [0.1, 0.15) is 6.17 Å². The molecule has 0 aromatic carbocycles. The third-order valence-corrected chi connectivity index (χ3v) is 7.11. The molecule has 4 unspecified atom stereocenters. The fraction of sp³-hybridized carbons (Fsp3) is 0.714. The predicted molar refractivity (Wildman–Crippen MR) is 109 cm³/mol. The molecule has 4 rings (SSSR count). The van der Waals surface area contributed by atoms with E-state index < -0.39 is 66.0 Å². The van der Waals surface area contributed by atoms with Crippen LogP contribution in [0.1, 0.15) is 32.2 Å². The first-order chi connectivity index (χ1) is 15.2. The number of halogens is 5. The second-order valence-electron chi connectivity index (χ2n) is 9.06. The fourth-order valence-electron chi connectivity index (χ4n) is 5.26. The SMILES string of the molecule is CC1=c2c(c(=O)[nH]c(=O)n2C2CC2)=C(C(F)F)C(F)C1N1CCC(C(N)C(CF)CF)C1. The number of nitrogens with two attached hydrogens (primary N) is 1. The predicted octanol–water partition coefficient (Wildman–Crippen LogP) is 0.383. The lowest BCUT2D eigenvalue weighted by Crippen LogP contribution is -2.62. The van der Waals surface area contributed by atoms with Gasteiger partial charge in [-0.3, -0.25) is 28.0 Å². The van der Waals surface area contributed by atoms with E-state index >= 15 is 4.39 Å². The molecule has 2 heterocycles. The lowest BCUT2D eigenvalue weighted by Gasteiger charge is -2.35. The maximum absolute atomic E-state index is 15.6. The number of fused-ring (bicyclic) bond motifs is 1. The second-order valence-corrected chi connectivity index (χ2v) is 9.06. The fourth-order valence-corrected chi connectivity index (χ4v) is 5.26. The van der Waals surface area contributed by atoms with E-state index in [1.807, 2.05) is 0 Å². The van der Waals surface area contributed by atoms with Gasteiger partial charge in [-0.25, -0.2) is 18.0 Å². The zero-order chi connectivity index (χ0) is 23.3. The van der Waals surface area contributed by atoms with Crippen molar-refractivity contribution in [1.29, 1.82) is 0 Å². The number of nitrogens with zero attached hydrogens (tertiary/aromatic N) is 2. The lowest BCUT2D eigenvalue weighted by atomic mass is 9.88. The highest BCUT2D eigenvalue weighted by Gasteiger charge is 2.44. The van der Waals surface area contributed by atoms with E-state index in [4.69, 9.17) is 5.73 Å². The third kappa shape index (κ3) is 3.72. The van der Waals surface area contributed by atoms with E-state index in [1.54, 1.807) is 11.8 Å². The number of H-pyrrole nitrogens is 1. The van der Waals surface area contributed by atoms with Gasteiger partial charge in [0.05, 0.1) is 30.0 Å². The number of hydrogen-bond donors (Lipinski definition) is 2. The molecule has 1 aliphatic heterocycles. The van der Waals surface area contributed by atoms with E-state index in [0.717, 1.165) is 0 Å². The number of hydrogen-bond acceptors (Lipinski definition) is 4. The maximum atomic E-state index is 15.6. The van der Waals surface area contributed by atoms with Gasteiger partial charge in [-0.2, -0.15) is 0 Å². The van der Waals surface area contributed by atoms with Crippen molar-refractivity contribution < 1.29 is 22.0 Å². The topological polar surface area (TPSA) is 84.1 Å². The molecule has 1 saturated heterocycles. The summed E-state index contributed by atoms with van der Waals surface area (Å²) in [4.78, 5) is 28.7. The summed E-state index contributed by atoms with van der Waals surface area (Å²) in [5.74, 6) is -1.30. The van der Waals surface area contributed by atoms with E-state index in [1.165, 1.54) is 4.57 Å². The Morgan fingerprint density at radius 2 is 1.81 bits per heavy atom. The summed E-state index contributed by atoms with van der Waals surface area (Å²) in [6.07, 6.45) is -3.63. The van der Waals surface area contributed by atoms with Crippen molar-refractivity contribution >= 4 is 11.1 Å². The molecule has 32 heavy (non-hydrogen) atoms. The van der Waals surface area contributed by atoms with Crippen LogP contribution in [-0.2, 0) is 0 Å². The normalized spacial score (nSPS) is 27.5. The first-order valence-electron chi connectivity index (χ1n) is 10.8. The van der Waals surface area contributed by atoms with E-state index in [9.17, 15) is 27.2 Å². The first-order valence-corrected chi connectivity index (χ1v) is 10.8. The summed E-state index contributed by atoms with van der Waals surface area (Å²) in [5, 5.41) is -0.399. The minimum atomic E-state index is -3.23. The zero-order valence-electron chi connectivity index (χ0n) is 17.7. The molecule has 0 bridgehead atoms. The van der Waals surface area contributed by atoms with Gasteiger partial charge in [-0.05, 0) is 44.2 Å². The molecule has 1 aromatic heterocycles. The van der Waals surface area contributed by atoms with Crippen LogP contribution < -0.4 is 27.6 Å². The largest absolute Gasteiger partial charge is 0.329 e. The molecule has 6 nitrogen and oxygen atoms in total. The highest BCUT2D eigenvalue weighted by atomic mass is 19.3. The van der Waals surface area contributed by atoms with Crippen molar-refractivity contribution in [2.45, 2.75) is 56.9 Å². The number of aromatic amines is 1. The van der Waals surface area contributed by atoms with Crippen LogP contribution in [0.5, 0.6) is 0 Å². The van der Waals surface area contributed by atoms with Crippen molar-refractivity contribution in [3.8, 4) is 0 Å². The molecule has 11 heteroatoms. The van der Waals surface area contributed by atoms with Crippen LogP contribution in [0.15, 0.2) is 9.59 Å². The molecule has 1 saturated carbocycles. The Morgan fingerprint density at radius 1 is 1.16 bits per heavy atom. The molecular weight excluding hydrogens is 435 g/mol. The zero-order valence-corrected chi connectivity index (χ0v) is 17.7. The van der Waals surface area contributed by atoms with Crippen molar-refractivity contribution in [1.82, 2.24) is 14.5 Å². The third-order valence-electron chi connectivity index (χ3n) is 7.11. The van der Waals surface area contributed by atoms with Crippen molar-refractivity contribution in [2.24, 2.45) is 17.6 Å². The van der Waals surface area contributed by atoms with Crippen molar-refractivity contribution in [3.05, 3.63) is 31.4 Å². The summed E-state index contributed by atoms with van der Waals surface area (Å²) in [7, 11) is 0. The van der Waals surface area contributed by atoms with Gasteiger partial charge in [-0.15, -0.1) is 0 Å². The minimum absolute atomic E-state index is 0.0635. The van der Waals surface area contributed by atoms with Gasteiger partial charge in [0.15, 0.2) is 0 Å². The molecule has 2 aliphatic carbocycles. The average molecular weight is 462 g/mol. The van der Waals surface area contributed by atoms with Crippen molar-refractivity contribution in [3.63, 3.8) is 0 Å². The van der Waals surface area contributed by atoms with Crippen LogP contribution in [0, 0.1) is 11.8 Å². The smallest absolute Gasteiger partial charge is 0.327 e. The Morgan fingerprint density at radius 3 is 2.38 bits per heavy atom. The maximum Gasteiger partial charge on any atom is 0.329 e. The Hall–Kier alpha value is -2.01. The number of aromatic nitrogens is 2. The van der Waals surface area contributed by atoms with E-state index in [0.29, 0.717) is 31.4 Å². The summed E-state index contributed by atoms with van der Waals surface area (Å²) in [5.41, 5.74) is 3.73. The van der Waals surface area contributed by atoms with Crippen LogP contribution in [-0.4, -0.2) is 65.6 Å². The summed E-state index contributed by atoms with van der Waals surface area (Å²) in [6, 6.07) is -2.13. The number of nitrogens with one attached hydrogen (secondary N) is 1. The number of likely N-dealkylation sites (tertiary alicyclic amines) is 1. The Balaban J connectivity index is 1.83. The average Bonchev–Trinajstić information content (AvgIpc) is 3.45. The van der Waals surface area contributed by atoms with Crippen LogP contribution in [0.4, 0.5) is 22.0 Å². The summed E-state index contributed by atoms with van der Waals surface area (Å²) < 4.78 is 71.2. The summed E-state index contributed by atoms with van der Waals surface area (Å²) in [6.45, 7) is 0.204. The molecule has 3 aliphatic rings. The van der Waals surface area contributed by atoms with Crippen LogP contribution in [0.25, 0.3) is 11.1 Å². The molecule has 3 N–H and O–H groups in total. The summed E-state index contributed by atoms with van der Waals surface area (Å²) >= 11 is 0. The second kappa shape index (κ2) is 8.74. The molecule has 2 fully saturated rings. The van der Waals surface area contributed by atoms with Crippen LogP contribution in [0.2, 0.25) is 0 Å². The highest BCUT2D eigenvalue weighted by molar-refractivity contribution is 5.65. The Kier molecular flexibility index (Phi) is 6.32. The standard InChI is InChI=1S/C21H27F5N4O2/c1-9-17-14(20(31)28-21(32)30(17)12-2-3-12)13(19(25)26)15(24)18(9)29-5-4-10(8-29)16(27)11(6-22)7-23/h10-12,15-16,18-19H,2-8,27H2,1H3,(H,28,31,32). The van der Waals surface area contributed by atoms with Gasteiger partial charge in [0.25, 0.3) is 12.0 Å². The van der Waals surface area contributed by atoms with Gasteiger partial charge in [-0.1, -0.05) is 0 Å². The monoisotopic (exact) mass is 462 g/mol. The molecule has 4 atom stereocenters. The molecule has 178 valence electrons. The molecule has 0 radical (unpaired) electrons. The van der Waals surface area contributed by atoms with E-state index in [-0.39, 0.29) is 23.9 Å². The molecular formula is C21H27F5N4O2. The molecule has 0 amide bonds.